The number of hydrogen-bond donors (Lipinski definition) is 0. The van der Waals surface area contributed by atoms with Crippen LogP contribution in [0.3, 0.4) is 0 Å². The maximum Gasteiger partial charge on any atom is 0.339 e. The number of carbonyl (C=O) groups excluding carboxylic acids is 1. The first-order valence-corrected chi connectivity index (χ1v) is 11.0. The summed E-state index contributed by atoms with van der Waals surface area (Å²) in [6, 6.07) is 28.1. The molecule has 3 aromatic carbocycles. The Morgan fingerprint density at radius 1 is 0.839 bits per heavy atom. The van der Waals surface area contributed by atoms with Gasteiger partial charge in [-0.05, 0) is 23.3 Å². The summed E-state index contributed by atoms with van der Waals surface area (Å²) < 4.78 is 5.72. The van der Waals surface area contributed by atoms with E-state index in [1.165, 1.54) is 11.1 Å². The zero-order valence-corrected chi connectivity index (χ0v) is 18.2. The Kier molecular flexibility index (Phi) is 7.36. The number of halogens is 1. The molecule has 1 unspecified atom stereocenters. The second-order valence-corrected chi connectivity index (χ2v) is 8.32. The minimum Gasteiger partial charge on any atom is -0.460 e. The van der Waals surface area contributed by atoms with Crippen molar-refractivity contribution in [1.29, 1.82) is 0 Å². The summed E-state index contributed by atoms with van der Waals surface area (Å²) in [6.07, 6.45) is 0. The molecule has 0 radical (unpaired) electrons. The molecule has 0 aliphatic carbocycles. The van der Waals surface area contributed by atoms with Gasteiger partial charge in [0.15, 0.2) is 0 Å². The zero-order chi connectivity index (χ0) is 21.5. The monoisotopic (exact) mass is 434 g/mol. The number of hydrogen-bond acceptors (Lipinski definition) is 4. The van der Waals surface area contributed by atoms with Gasteiger partial charge < -0.3 is 4.74 Å². The molecule has 4 nitrogen and oxygen atoms in total. The molecular weight excluding hydrogens is 408 g/mol. The van der Waals surface area contributed by atoms with Gasteiger partial charge in [0.05, 0.1) is 16.6 Å². The van der Waals surface area contributed by atoms with Crippen LogP contribution in [0.15, 0.2) is 84.9 Å². The van der Waals surface area contributed by atoms with E-state index >= 15 is 0 Å². The number of carbonyl (C=O) groups is 1. The van der Waals surface area contributed by atoms with Crippen LogP contribution in [0.1, 0.15) is 21.5 Å². The highest BCUT2D eigenvalue weighted by Crippen LogP contribution is 2.19. The highest BCUT2D eigenvalue weighted by atomic mass is 35.5. The number of benzene rings is 3. The molecule has 0 aromatic heterocycles. The van der Waals surface area contributed by atoms with Crippen molar-refractivity contribution in [2.24, 2.45) is 0 Å². The van der Waals surface area contributed by atoms with E-state index in [0.717, 1.165) is 32.7 Å². The molecule has 1 saturated heterocycles. The molecule has 0 amide bonds. The smallest absolute Gasteiger partial charge is 0.339 e. The molecule has 4 rings (SSSR count). The summed E-state index contributed by atoms with van der Waals surface area (Å²) in [4.78, 5) is 17.5. The first-order valence-electron chi connectivity index (χ1n) is 10.6. The van der Waals surface area contributed by atoms with Crippen molar-refractivity contribution in [3.8, 4) is 0 Å². The predicted octanol–water partition coefficient (Wildman–Crippen LogP) is 4.88. The van der Waals surface area contributed by atoms with Gasteiger partial charge in [0.2, 0.25) is 0 Å². The van der Waals surface area contributed by atoms with Crippen LogP contribution in [0.4, 0.5) is 0 Å². The van der Waals surface area contributed by atoms with Crippen molar-refractivity contribution in [3.05, 3.63) is 107 Å². The van der Waals surface area contributed by atoms with Gasteiger partial charge in [0.25, 0.3) is 0 Å². The van der Waals surface area contributed by atoms with Gasteiger partial charge in [0.1, 0.15) is 6.61 Å². The molecule has 5 heteroatoms. The van der Waals surface area contributed by atoms with Gasteiger partial charge in [0, 0.05) is 32.7 Å². The standard InChI is InChI=1S/C26H27ClN2O2/c27-25-14-8-7-13-24(25)26(30)31-20-23-19-28(17-21-9-3-1-4-10-21)15-16-29(23)18-22-11-5-2-6-12-22/h1-14,23H,15-20H2. The number of rotatable bonds is 7. The first kappa shape index (κ1) is 21.6. The number of nitrogens with zero attached hydrogens (tertiary/aromatic N) is 2. The maximum absolute atomic E-state index is 12.6. The fourth-order valence-electron chi connectivity index (χ4n) is 4.00. The molecule has 1 fully saturated rings. The molecular formula is C26H27ClN2O2. The van der Waals surface area contributed by atoms with E-state index in [2.05, 4.69) is 58.3 Å². The Labute approximate surface area is 189 Å². The summed E-state index contributed by atoms with van der Waals surface area (Å²) in [5.74, 6) is -0.370. The Balaban J connectivity index is 1.44. The van der Waals surface area contributed by atoms with E-state index in [1.807, 2.05) is 18.2 Å². The first-order chi connectivity index (χ1) is 15.2. The summed E-state index contributed by atoms with van der Waals surface area (Å²) in [6.45, 7) is 4.83. The van der Waals surface area contributed by atoms with Crippen LogP contribution in [0.25, 0.3) is 0 Å². The summed E-state index contributed by atoms with van der Waals surface area (Å²) in [5.41, 5.74) is 2.97. The fourth-order valence-corrected chi connectivity index (χ4v) is 4.22. The average Bonchev–Trinajstić information content (AvgIpc) is 2.80. The van der Waals surface area contributed by atoms with E-state index in [9.17, 15) is 4.79 Å². The average molecular weight is 435 g/mol. The van der Waals surface area contributed by atoms with Crippen LogP contribution in [0, 0.1) is 0 Å². The molecule has 1 heterocycles. The van der Waals surface area contributed by atoms with Crippen molar-refractivity contribution in [2.45, 2.75) is 19.1 Å². The lowest BCUT2D eigenvalue weighted by atomic mass is 10.1. The topological polar surface area (TPSA) is 32.8 Å². The van der Waals surface area contributed by atoms with Gasteiger partial charge in [-0.25, -0.2) is 4.79 Å². The van der Waals surface area contributed by atoms with E-state index < -0.39 is 0 Å². The minimum absolute atomic E-state index is 0.115. The van der Waals surface area contributed by atoms with Crippen molar-refractivity contribution in [3.63, 3.8) is 0 Å². The highest BCUT2D eigenvalue weighted by Gasteiger charge is 2.28. The van der Waals surface area contributed by atoms with Crippen molar-refractivity contribution >= 4 is 17.6 Å². The van der Waals surface area contributed by atoms with Gasteiger partial charge in [-0.2, -0.15) is 0 Å². The quantitative estimate of drug-likeness (QED) is 0.496. The summed E-state index contributed by atoms with van der Waals surface area (Å²) in [5, 5.41) is 0.419. The zero-order valence-electron chi connectivity index (χ0n) is 17.5. The van der Waals surface area contributed by atoms with Crippen LogP contribution in [-0.4, -0.2) is 48.1 Å². The van der Waals surface area contributed by atoms with Crippen LogP contribution >= 0.6 is 11.6 Å². The Hall–Kier alpha value is -2.66. The minimum atomic E-state index is -0.370. The molecule has 160 valence electrons. The van der Waals surface area contributed by atoms with Crippen LogP contribution in [-0.2, 0) is 17.8 Å². The van der Waals surface area contributed by atoms with Crippen LogP contribution < -0.4 is 0 Å². The lowest BCUT2D eigenvalue weighted by Gasteiger charge is -2.41. The third-order valence-electron chi connectivity index (χ3n) is 5.67. The summed E-state index contributed by atoms with van der Waals surface area (Å²) in [7, 11) is 0. The lowest BCUT2D eigenvalue weighted by Crippen LogP contribution is -2.54. The van der Waals surface area contributed by atoms with Crippen molar-refractivity contribution < 1.29 is 9.53 Å². The summed E-state index contributed by atoms with van der Waals surface area (Å²) >= 11 is 6.17. The van der Waals surface area contributed by atoms with Crippen molar-refractivity contribution in [1.82, 2.24) is 9.80 Å². The number of ether oxygens (including phenoxy) is 1. The number of esters is 1. The molecule has 3 aromatic rings. The Bertz CT molecular complexity index is 981. The maximum atomic E-state index is 12.6. The third-order valence-corrected chi connectivity index (χ3v) is 6.00. The van der Waals surface area contributed by atoms with Gasteiger partial charge in [-0.15, -0.1) is 0 Å². The largest absolute Gasteiger partial charge is 0.460 e. The van der Waals surface area contributed by atoms with E-state index in [4.69, 9.17) is 16.3 Å². The third kappa shape index (κ3) is 5.95. The normalized spacial score (nSPS) is 17.4. The van der Waals surface area contributed by atoms with Gasteiger partial charge in [-0.3, -0.25) is 9.80 Å². The Morgan fingerprint density at radius 3 is 2.13 bits per heavy atom. The second kappa shape index (κ2) is 10.6. The fraction of sp³-hybridized carbons (Fsp3) is 0.269. The molecule has 0 spiro atoms. The molecule has 1 aliphatic heterocycles. The van der Waals surface area contributed by atoms with Gasteiger partial charge >= 0.3 is 5.97 Å². The second-order valence-electron chi connectivity index (χ2n) is 7.91. The molecule has 1 atom stereocenters. The molecule has 1 aliphatic rings. The van der Waals surface area contributed by atoms with Crippen LogP contribution in [0.2, 0.25) is 5.02 Å². The SMILES string of the molecule is O=C(OCC1CN(Cc2ccccc2)CCN1Cc1ccccc1)c1ccccc1Cl. The van der Waals surface area contributed by atoms with E-state index in [0.29, 0.717) is 17.2 Å². The lowest BCUT2D eigenvalue weighted by molar-refractivity contribution is 0.00675. The van der Waals surface area contributed by atoms with Crippen LogP contribution in [0.5, 0.6) is 0 Å². The molecule has 0 bridgehead atoms. The Morgan fingerprint density at radius 2 is 1.45 bits per heavy atom. The molecule has 0 N–H and O–H groups in total. The molecule has 0 saturated carbocycles. The van der Waals surface area contributed by atoms with Gasteiger partial charge in [-0.1, -0.05) is 84.4 Å². The highest BCUT2D eigenvalue weighted by molar-refractivity contribution is 6.33. The number of piperazine rings is 1. The van der Waals surface area contributed by atoms with E-state index in [1.54, 1.807) is 18.2 Å². The van der Waals surface area contributed by atoms with E-state index in [-0.39, 0.29) is 12.0 Å². The predicted molar refractivity (Wildman–Crippen MR) is 124 cm³/mol. The molecule has 31 heavy (non-hydrogen) atoms. The van der Waals surface area contributed by atoms with Crippen molar-refractivity contribution in [2.75, 3.05) is 26.2 Å².